The molecule has 1 heterocycles. The Bertz CT molecular complexity index is 729. The molecule has 0 spiro atoms. The summed E-state index contributed by atoms with van der Waals surface area (Å²) >= 11 is 0. The van der Waals surface area contributed by atoms with Crippen LogP contribution < -0.4 is 0 Å². The molecule has 2 N–H and O–H groups in total. The van der Waals surface area contributed by atoms with Crippen LogP contribution in [0.5, 0.6) is 0 Å². The van der Waals surface area contributed by atoms with Crippen molar-refractivity contribution in [3.8, 4) is 0 Å². The molecule has 0 amide bonds. The van der Waals surface area contributed by atoms with E-state index in [1.807, 2.05) is 6.08 Å². The van der Waals surface area contributed by atoms with E-state index in [1.54, 1.807) is 19.9 Å². The largest absolute Gasteiger partial charge is 0.458 e. The van der Waals surface area contributed by atoms with E-state index < -0.39 is 41.6 Å². The van der Waals surface area contributed by atoms with E-state index in [-0.39, 0.29) is 23.7 Å². The molecule has 0 aromatic rings. The van der Waals surface area contributed by atoms with Crippen LogP contribution in [0.15, 0.2) is 48.1 Å². The van der Waals surface area contributed by atoms with Gasteiger partial charge in [-0.15, -0.1) is 0 Å². The molecule has 3 aliphatic rings. The van der Waals surface area contributed by atoms with Crippen molar-refractivity contribution < 1.29 is 29.3 Å². The molecule has 0 radical (unpaired) electrons. The number of fused-ring (bicyclic) bond motifs is 3. The number of carbonyl (C=O) groups excluding carboxylic acids is 2. The van der Waals surface area contributed by atoms with E-state index in [0.717, 1.165) is 5.57 Å². The Morgan fingerprint density at radius 3 is 2.85 bits per heavy atom. The van der Waals surface area contributed by atoms with Gasteiger partial charge in [0.05, 0.1) is 18.1 Å². The summed E-state index contributed by atoms with van der Waals surface area (Å²) in [4.78, 5) is 24.5. The van der Waals surface area contributed by atoms with Crippen molar-refractivity contribution in [1.29, 1.82) is 0 Å². The third kappa shape index (κ3) is 2.93. The molecule has 26 heavy (non-hydrogen) atoms. The van der Waals surface area contributed by atoms with Crippen LogP contribution in [0.4, 0.5) is 0 Å². The van der Waals surface area contributed by atoms with E-state index in [4.69, 9.17) is 14.6 Å². The maximum absolute atomic E-state index is 12.3. The van der Waals surface area contributed by atoms with E-state index >= 15 is 0 Å². The van der Waals surface area contributed by atoms with Crippen LogP contribution in [-0.2, 0) is 19.1 Å². The molecular formula is C20H24O6. The standard InChI is InChI=1S/C20H24O6/c1-10(6-8-21)18(22)25-14-9-11(2)13-5-7-20(4,24)16(13)17-15(14)12(3)19(23)26-17/h5-7,13-17,21,24H,2-3,8-9H2,1,4H3/b10-6+/t13-,14-,15+,16-,17-,20+/m0/s1. The second-order valence-electron chi connectivity index (χ2n) is 7.43. The molecule has 140 valence electrons. The lowest BCUT2D eigenvalue weighted by atomic mass is 9.76. The van der Waals surface area contributed by atoms with Crippen molar-refractivity contribution in [1.82, 2.24) is 0 Å². The number of carbonyl (C=O) groups is 2. The van der Waals surface area contributed by atoms with E-state index in [0.29, 0.717) is 6.42 Å². The van der Waals surface area contributed by atoms with Gasteiger partial charge >= 0.3 is 11.9 Å². The summed E-state index contributed by atoms with van der Waals surface area (Å²) in [6, 6.07) is 0. The molecular weight excluding hydrogens is 336 g/mol. The SMILES string of the molecule is C=C1C(=O)O[C@H]2[C@H]1[C@@H](OC(=O)/C(C)=C/CO)CC(=C)[C@@H]1C=C[C@@](C)(O)[C@H]21. The Morgan fingerprint density at radius 2 is 2.19 bits per heavy atom. The number of rotatable bonds is 3. The molecule has 2 fully saturated rings. The van der Waals surface area contributed by atoms with Crippen LogP contribution in [0.1, 0.15) is 20.3 Å². The minimum absolute atomic E-state index is 0.172. The fourth-order valence-electron chi connectivity index (χ4n) is 4.25. The van der Waals surface area contributed by atoms with Crippen LogP contribution in [-0.4, -0.2) is 46.6 Å². The first-order valence-corrected chi connectivity index (χ1v) is 8.65. The third-order valence-corrected chi connectivity index (χ3v) is 5.63. The second kappa shape index (κ2) is 6.52. The number of esters is 2. The lowest BCUT2D eigenvalue weighted by Crippen LogP contribution is -2.44. The quantitative estimate of drug-likeness (QED) is 0.450. The molecule has 6 heteroatoms. The average molecular weight is 360 g/mol. The minimum atomic E-state index is -1.16. The van der Waals surface area contributed by atoms with Gasteiger partial charge in [0.25, 0.3) is 0 Å². The number of aliphatic hydroxyl groups excluding tert-OH is 1. The van der Waals surface area contributed by atoms with Gasteiger partial charge in [0.15, 0.2) is 0 Å². The highest BCUT2D eigenvalue weighted by atomic mass is 16.6. The molecule has 0 aromatic carbocycles. The van der Waals surface area contributed by atoms with E-state index in [9.17, 15) is 14.7 Å². The first kappa shape index (κ1) is 18.6. The highest BCUT2D eigenvalue weighted by molar-refractivity contribution is 5.92. The van der Waals surface area contributed by atoms with Gasteiger partial charge in [-0.25, -0.2) is 9.59 Å². The van der Waals surface area contributed by atoms with Crippen molar-refractivity contribution in [3.05, 3.63) is 48.1 Å². The predicted molar refractivity (Wildman–Crippen MR) is 93.7 cm³/mol. The summed E-state index contributed by atoms with van der Waals surface area (Å²) in [6.07, 6.45) is 3.97. The summed E-state index contributed by atoms with van der Waals surface area (Å²) in [5, 5.41) is 19.7. The summed E-state index contributed by atoms with van der Waals surface area (Å²) in [5.41, 5.74) is 0.172. The zero-order valence-electron chi connectivity index (χ0n) is 15.0. The highest BCUT2D eigenvalue weighted by Gasteiger charge is 2.58. The molecule has 3 rings (SSSR count). The van der Waals surface area contributed by atoms with Gasteiger partial charge in [0, 0.05) is 29.4 Å². The Labute approximate surface area is 152 Å². The van der Waals surface area contributed by atoms with E-state index in [2.05, 4.69) is 13.2 Å². The monoisotopic (exact) mass is 360 g/mol. The van der Waals surface area contributed by atoms with Crippen molar-refractivity contribution in [2.24, 2.45) is 17.8 Å². The summed E-state index contributed by atoms with van der Waals surface area (Å²) in [6.45, 7) is 10.9. The minimum Gasteiger partial charge on any atom is -0.458 e. The Kier molecular flexibility index (Phi) is 4.67. The lowest BCUT2D eigenvalue weighted by Gasteiger charge is -2.34. The first-order chi connectivity index (χ1) is 12.2. The predicted octanol–water partition coefficient (Wildman–Crippen LogP) is 1.45. The van der Waals surface area contributed by atoms with Gasteiger partial charge in [-0.2, -0.15) is 0 Å². The molecule has 0 unspecified atom stereocenters. The van der Waals surface area contributed by atoms with Gasteiger partial charge in [-0.3, -0.25) is 0 Å². The average Bonchev–Trinajstić information content (AvgIpc) is 2.98. The first-order valence-electron chi connectivity index (χ1n) is 8.65. The normalized spacial score (nSPS) is 39.3. The smallest absolute Gasteiger partial charge is 0.334 e. The zero-order chi connectivity index (χ0) is 19.2. The Hall–Kier alpha value is -2.18. The molecule has 2 aliphatic carbocycles. The van der Waals surface area contributed by atoms with Gasteiger partial charge in [-0.1, -0.05) is 30.9 Å². The molecule has 1 saturated carbocycles. The number of ether oxygens (including phenoxy) is 2. The van der Waals surface area contributed by atoms with Gasteiger partial charge in [0.2, 0.25) is 0 Å². The van der Waals surface area contributed by atoms with Gasteiger partial charge in [0.1, 0.15) is 12.2 Å². The number of hydrogen-bond acceptors (Lipinski definition) is 6. The molecule has 0 aromatic heterocycles. The molecule has 1 aliphatic heterocycles. The van der Waals surface area contributed by atoms with Gasteiger partial charge in [-0.05, 0) is 19.9 Å². The molecule has 1 saturated heterocycles. The second-order valence-corrected chi connectivity index (χ2v) is 7.43. The fourth-order valence-corrected chi connectivity index (χ4v) is 4.25. The maximum Gasteiger partial charge on any atom is 0.334 e. The Morgan fingerprint density at radius 1 is 1.50 bits per heavy atom. The summed E-state index contributed by atoms with van der Waals surface area (Å²) in [5.74, 6) is -2.23. The third-order valence-electron chi connectivity index (χ3n) is 5.63. The number of allylic oxidation sites excluding steroid dienone is 1. The van der Waals surface area contributed by atoms with Crippen LogP contribution in [0.25, 0.3) is 0 Å². The van der Waals surface area contributed by atoms with Crippen LogP contribution in [0, 0.1) is 17.8 Å². The lowest BCUT2D eigenvalue weighted by molar-refractivity contribution is -0.151. The number of aliphatic hydroxyl groups is 2. The van der Waals surface area contributed by atoms with Crippen LogP contribution in [0.2, 0.25) is 0 Å². The van der Waals surface area contributed by atoms with Crippen molar-refractivity contribution in [2.75, 3.05) is 6.61 Å². The molecule has 6 nitrogen and oxygen atoms in total. The van der Waals surface area contributed by atoms with E-state index in [1.165, 1.54) is 6.08 Å². The highest BCUT2D eigenvalue weighted by Crippen LogP contribution is 2.51. The maximum atomic E-state index is 12.3. The van der Waals surface area contributed by atoms with Gasteiger partial charge < -0.3 is 19.7 Å². The van der Waals surface area contributed by atoms with Crippen LogP contribution >= 0.6 is 0 Å². The molecule has 0 bridgehead atoms. The number of hydrogen-bond donors (Lipinski definition) is 2. The topological polar surface area (TPSA) is 93.1 Å². The fraction of sp³-hybridized carbons (Fsp3) is 0.500. The summed E-state index contributed by atoms with van der Waals surface area (Å²) < 4.78 is 11.2. The summed E-state index contributed by atoms with van der Waals surface area (Å²) in [7, 11) is 0. The Balaban J connectivity index is 1.97. The zero-order valence-corrected chi connectivity index (χ0v) is 15.0. The van der Waals surface area contributed by atoms with Crippen molar-refractivity contribution in [2.45, 2.75) is 38.1 Å². The van der Waals surface area contributed by atoms with Crippen molar-refractivity contribution >= 4 is 11.9 Å². The van der Waals surface area contributed by atoms with Crippen molar-refractivity contribution in [3.63, 3.8) is 0 Å². The molecule has 6 atom stereocenters. The van der Waals surface area contributed by atoms with Crippen LogP contribution in [0.3, 0.4) is 0 Å².